The number of amidine groups is 1. The summed E-state index contributed by atoms with van der Waals surface area (Å²) in [6, 6.07) is 0. The zero-order valence-corrected chi connectivity index (χ0v) is 6.89. The van der Waals surface area contributed by atoms with Gasteiger partial charge in [-0.2, -0.15) is 0 Å². The lowest BCUT2D eigenvalue weighted by atomic mass is 10.3. The highest BCUT2D eigenvalue weighted by molar-refractivity contribution is 5.92. The molecule has 0 fully saturated rings. The molecule has 0 aliphatic rings. The van der Waals surface area contributed by atoms with Crippen LogP contribution in [0.2, 0.25) is 0 Å². The minimum absolute atomic E-state index is 0.787. The van der Waals surface area contributed by atoms with Crippen LogP contribution in [-0.2, 0) is 0 Å². The van der Waals surface area contributed by atoms with Gasteiger partial charge in [-0.25, -0.2) is 4.99 Å². The van der Waals surface area contributed by atoms with Gasteiger partial charge in [0.1, 0.15) is 5.84 Å². The SMILES string of the molecule is C=C(C=NC(C)=NC)CC. The molecule has 2 nitrogen and oxygen atoms in total. The average Bonchev–Trinajstić information content (AvgIpc) is 1.99. The van der Waals surface area contributed by atoms with Crippen molar-refractivity contribution < 1.29 is 0 Å². The molecule has 0 N–H and O–H groups in total. The first kappa shape index (κ1) is 9.08. The molecule has 0 saturated carbocycles. The minimum atomic E-state index is 0.787. The highest BCUT2D eigenvalue weighted by Crippen LogP contribution is 1.91. The summed E-state index contributed by atoms with van der Waals surface area (Å²) in [7, 11) is 1.72. The van der Waals surface area contributed by atoms with Gasteiger partial charge in [-0.05, 0) is 18.9 Å². The van der Waals surface area contributed by atoms with Gasteiger partial charge in [0, 0.05) is 13.3 Å². The predicted octanol–water partition coefficient (Wildman–Crippen LogP) is 2.07. The van der Waals surface area contributed by atoms with E-state index < -0.39 is 0 Å². The molecule has 0 aromatic rings. The second-order valence-corrected chi connectivity index (χ2v) is 2.04. The lowest BCUT2D eigenvalue weighted by Gasteiger charge is -1.90. The molecule has 10 heavy (non-hydrogen) atoms. The van der Waals surface area contributed by atoms with Crippen molar-refractivity contribution >= 4 is 12.1 Å². The molecule has 0 aromatic carbocycles. The first-order valence-corrected chi connectivity index (χ1v) is 3.36. The standard InChI is InChI=1S/C8H14N2/c1-5-7(2)6-10-8(3)9-4/h6H,2,5H2,1,3-4H3. The van der Waals surface area contributed by atoms with E-state index in [0.717, 1.165) is 17.8 Å². The molecular formula is C8H14N2. The van der Waals surface area contributed by atoms with E-state index >= 15 is 0 Å². The molecule has 0 bridgehead atoms. The van der Waals surface area contributed by atoms with Gasteiger partial charge in [-0.15, -0.1) is 0 Å². The highest BCUT2D eigenvalue weighted by atomic mass is 14.9. The molecule has 0 aliphatic heterocycles. The van der Waals surface area contributed by atoms with Crippen LogP contribution in [0.1, 0.15) is 20.3 Å². The maximum Gasteiger partial charge on any atom is 0.119 e. The zero-order valence-electron chi connectivity index (χ0n) is 6.89. The Morgan fingerprint density at radius 3 is 2.60 bits per heavy atom. The largest absolute Gasteiger partial charge is 0.274 e. The Morgan fingerprint density at radius 1 is 1.60 bits per heavy atom. The molecular weight excluding hydrogens is 124 g/mol. The van der Waals surface area contributed by atoms with E-state index in [9.17, 15) is 0 Å². The summed E-state index contributed by atoms with van der Waals surface area (Å²) in [5.41, 5.74) is 1.03. The van der Waals surface area contributed by atoms with Gasteiger partial charge in [-0.3, -0.25) is 4.99 Å². The van der Waals surface area contributed by atoms with Crippen molar-refractivity contribution in [2.45, 2.75) is 20.3 Å². The first-order chi connectivity index (χ1) is 4.70. The van der Waals surface area contributed by atoms with Crippen LogP contribution in [0.15, 0.2) is 22.1 Å². The summed E-state index contributed by atoms with van der Waals surface area (Å²) < 4.78 is 0. The average molecular weight is 138 g/mol. The Balaban J connectivity index is 3.88. The van der Waals surface area contributed by atoms with E-state index in [0.29, 0.717) is 0 Å². The molecule has 0 heterocycles. The molecule has 0 spiro atoms. The lowest BCUT2D eigenvalue weighted by molar-refractivity contribution is 1.19. The van der Waals surface area contributed by atoms with Gasteiger partial charge in [-0.1, -0.05) is 13.5 Å². The van der Waals surface area contributed by atoms with E-state index in [2.05, 4.69) is 16.6 Å². The monoisotopic (exact) mass is 138 g/mol. The van der Waals surface area contributed by atoms with Crippen LogP contribution in [0.5, 0.6) is 0 Å². The van der Waals surface area contributed by atoms with Crippen molar-refractivity contribution in [1.82, 2.24) is 0 Å². The van der Waals surface area contributed by atoms with Gasteiger partial charge in [0.2, 0.25) is 0 Å². The molecule has 2 heteroatoms. The lowest BCUT2D eigenvalue weighted by Crippen LogP contribution is -1.87. The Labute approximate surface area is 62.4 Å². The normalized spacial score (nSPS) is 12.5. The minimum Gasteiger partial charge on any atom is -0.274 e. The summed E-state index contributed by atoms with van der Waals surface area (Å²) in [6.45, 7) is 7.68. The third kappa shape index (κ3) is 4.01. The van der Waals surface area contributed by atoms with Crippen molar-refractivity contribution in [2.24, 2.45) is 9.98 Å². The van der Waals surface area contributed by atoms with E-state index in [1.807, 2.05) is 13.8 Å². The van der Waals surface area contributed by atoms with Crippen molar-refractivity contribution in [3.8, 4) is 0 Å². The van der Waals surface area contributed by atoms with Crippen LogP contribution in [0, 0.1) is 0 Å². The van der Waals surface area contributed by atoms with Crippen molar-refractivity contribution in [3.63, 3.8) is 0 Å². The van der Waals surface area contributed by atoms with Crippen LogP contribution >= 0.6 is 0 Å². The van der Waals surface area contributed by atoms with E-state index in [-0.39, 0.29) is 0 Å². The van der Waals surface area contributed by atoms with Crippen LogP contribution < -0.4 is 0 Å². The smallest absolute Gasteiger partial charge is 0.119 e. The predicted molar refractivity (Wildman–Crippen MR) is 47.0 cm³/mol. The fourth-order valence-electron chi connectivity index (χ4n) is 0.334. The number of hydrogen-bond acceptors (Lipinski definition) is 1. The molecule has 56 valence electrons. The summed E-state index contributed by atoms with van der Waals surface area (Å²) in [4.78, 5) is 7.91. The van der Waals surface area contributed by atoms with E-state index in [1.165, 1.54) is 0 Å². The van der Waals surface area contributed by atoms with Crippen LogP contribution in [0.3, 0.4) is 0 Å². The quantitative estimate of drug-likeness (QED) is 0.412. The summed E-state index contributed by atoms with van der Waals surface area (Å²) in [5, 5.41) is 0. The van der Waals surface area contributed by atoms with Gasteiger partial charge >= 0.3 is 0 Å². The van der Waals surface area contributed by atoms with E-state index in [4.69, 9.17) is 0 Å². The second kappa shape index (κ2) is 4.91. The third-order valence-corrected chi connectivity index (χ3v) is 1.21. The van der Waals surface area contributed by atoms with Crippen LogP contribution in [0.25, 0.3) is 0 Å². The summed E-state index contributed by atoms with van der Waals surface area (Å²) in [6.07, 6.45) is 2.70. The maximum atomic E-state index is 4.04. The summed E-state index contributed by atoms with van der Waals surface area (Å²) in [5.74, 6) is 0.787. The Kier molecular flexibility index (Phi) is 4.46. The molecule has 0 radical (unpaired) electrons. The number of hydrogen-bond donors (Lipinski definition) is 0. The number of aliphatic imine (C=N–C) groups is 2. The number of allylic oxidation sites excluding steroid dienone is 1. The van der Waals surface area contributed by atoms with Gasteiger partial charge in [0.05, 0.1) is 0 Å². The number of nitrogens with zero attached hydrogens (tertiary/aromatic N) is 2. The molecule has 0 rings (SSSR count). The summed E-state index contributed by atoms with van der Waals surface area (Å²) >= 11 is 0. The topological polar surface area (TPSA) is 24.7 Å². The molecule has 0 unspecified atom stereocenters. The Morgan fingerprint density at radius 2 is 2.20 bits per heavy atom. The Bertz CT molecular complexity index is 166. The van der Waals surface area contributed by atoms with Crippen molar-refractivity contribution in [1.29, 1.82) is 0 Å². The van der Waals surface area contributed by atoms with Crippen molar-refractivity contribution in [2.75, 3.05) is 7.05 Å². The van der Waals surface area contributed by atoms with Gasteiger partial charge < -0.3 is 0 Å². The second-order valence-electron chi connectivity index (χ2n) is 2.04. The van der Waals surface area contributed by atoms with Crippen molar-refractivity contribution in [3.05, 3.63) is 12.2 Å². The first-order valence-electron chi connectivity index (χ1n) is 3.36. The third-order valence-electron chi connectivity index (χ3n) is 1.21. The molecule has 0 aromatic heterocycles. The molecule has 0 saturated heterocycles. The fraction of sp³-hybridized carbons (Fsp3) is 0.500. The molecule has 0 aliphatic carbocycles. The Hall–Kier alpha value is -0.920. The molecule has 0 atom stereocenters. The fourth-order valence-corrected chi connectivity index (χ4v) is 0.334. The number of rotatable bonds is 2. The van der Waals surface area contributed by atoms with Gasteiger partial charge in [0.25, 0.3) is 0 Å². The van der Waals surface area contributed by atoms with Crippen LogP contribution in [0.4, 0.5) is 0 Å². The maximum absolute atomic E-state index is 4.04. The molecule has 0 amide bonds. The van der Waals surface area contributed by atoms with Gasteiger partial charge in [0.15, 0.2) is 0 Å². The van der Waals surface area contributed by atoms with Crippen LogP contribution in [-0.4, -0.2) is 19.1 Å². The highest BCUT2D eigenvalue weighted by Gasteiger charge is 1.82. The van der Waals surface area contributed by atoms with E-state index in [1.54, 1.807) is 13.3 Å². The zero-order chi connectivity index (χ0) is 7.98.